The highest BCUT2D eigenvalue weighted by atomic mass is 16.6. The van der Waals surface area contributed by atoms with Crippen LogP contribution in [0, 0.1) is 10.1 Å². The normalized spacial score (nSPS) is 9.81. The van der Waals surface area contributed by atoms with Gasteiger partial charge in [0.05, 0.1) is 11.5 Å². The van der Waals surface area contributed by atoms with E-state index in [1.807, 2.05) is 0 Å². The van der Waals surface area contributed by atoms with E-state index in [9.17, 15) is 10.1 Å². The molecule has 5 heteroatoms. The lowest BCUT2D eigenvalue weighted by atomic mass is 10.2. The van der Waals surface area contributed by atoms with E-state index < -0.39 is 4.92 Å². The van der Waals surface area contributed by atoms with Gasteiger partial charge in [-0.1, -0.05) is 12.7 Å². The number of nitro benzene ring substituents is 1. The van der Waals surface area contributed by atoms with Gasteiger partial charge in [-0.25, -0.2) is 0 Å². The number of benzene rings is 1. The summed E-state index contributed by atoms with van der Waals surface area (Å²) in [6.45, 7) is 4.25. The molecule has 1 aromatic rings. The number of nitrogens with zero attached hydrogens (tertiary/aromatic N) is 1. The molecule has 0 fully saturated rings. The lowest BCUT2D eigenvalue weighted by molar-refractivity contribution is -0.385. The summed E-state index contributed by atoms with van der Waals surface area (Å²) in [5, 5.41) is 10.7. The van der Waals surface area contributed by atoms with Gasteiger partial charge in [0.15, 0.2) is 5.75 Å². The van der Waals surface area contributed by atoms with Crippen molar-refractivity contribution in [1.29, 1.82) is 0 Å². The fourth-order valence-corrected chi connectivity index (χ4v) is 1.16. The second kappa shape index (κ2) is 5.87. The zero-order chi connectivity index (χ0) is 12.0. The van der Waals surface area contributed by atoms with E-state index in [0.29, 0.717) is 6.61 Å². The topological polar surface area (TPSA) is 61.6 Å². The molecule has 0 heterocycles. The van der Waals surface area contributed by atoms with Crippen LogP contribution in [-0.4, -0.2) is 25.2 Å². The first-order valence-corrected chi connectivity index (χ1v) is 4.71. The lowest BCUT2D eigenvalue weighted by Crippen LogP contribution is -2.06. The molecule has 0 saturated carbocycles. The molecule has 86 valence electrons. The summed E-state index contributed by atoms with van der Waals surface area (Å²) in [6, 6.07) is 4.61. The SMILES string of the molecule is C=Cc1ccc([N+](=O)[O-])c(OCCOC)c1. The van der Waals surface area contributed by atoms with Crippen LogP contribution in [0.4, 0.5) is 5.69 Å². The van der Waals surface area contributed by atoms with Gasteiger partial charge in [-0.3, -0.25) is 10.1 Å². The van der Waals surface area contributed by atoms with Crippen LogP contribution in [0.1, 0.15) is 5.56 Å². The Balaban J connectivity index is 2.91. The van der Waals surface area contributed by atoms with Gasteiger partial charge in [-0.15, -0.1) is 0 Å². The zero-order valence-electron chi connectivity index (χ0n) is 9.01. The Labute approximate surface area is 93.4 Å². The summed E-state index contributed by atoms with van der Waals surface area (Å²) < 4.78 is 10.1. The Hall–Kier alpha value is -1.88. The number of ether oxygens (including phenoxy) is 2. The largest absolute Gasteiger partial charge is 0.484 e. The quantitative estimate of drug-likeness (QED) is 0.421. The predicted octanol–water partition coefficient (Wildman–Crippen LogP) is 2.26. The molecule has 0 atom stereocenters. The Morgan fingerprint density at radius 1 is 1.50 bits per heavy atom. The molecule has 0 bridgehead atoms. The predicted molar refractivity (Wildman–Crippen MR) is 60.6 cm³/mol. The molecule has 16 heavy (non-hydrogen) atoms. The summed E-state index contributed by atoms with van der Waals surface area (Å²) in [4.78, 5) is 10.2. The lowest BCUT2D eigenvalue weighted by Gasteiger charge is -2.06. The Bertz CT molecular complexity index is 390. The van der Waals surface area contributed by atoms with Crippen LogP contribution in [0.3, 0.4) is 0 Å². The van der Waals surface area contributed by atoms with Crippen molar-refractivity contribution >= 4 is 11.8 Å². The molecule has 0 unspecified atom stereocenters. The number of hydrogen-bond donors (Lipinski definition) is 0. The molecule has 5 nitrogen and oxygen atoms in total. The standard InChI is InChI=1S/C11H13NO4/c1-3-9-4-5-10(12(13)14)11(8-9)16-7-6-15-2/h3-5,8H,1,6-7H2,2H3. The van der Waals surface area contributed by atoms with Crippen LogP contribution in [0.5, 0.6) is 5.75 Å². The minimum absolute atomic E-state index is 0.0540. The molecule has 0 aliphatic rings. The molecule has 0 amide bonds. The highest BCUT2D eigenvalue weighted by molar-refractivity contribution is 5.57. The third-order valence-corrected chi connectivity index (χ3v) is 1.96. The molecule has 0 radical (unpaired) electrons. The highest BCUT2D eigenvalue weighted by Crippen LogP contribution is 2.28. The van der Waals surface area contributed by atoms with Gasteiger partial charge >= 0.3 is 5.69 Å². The van der Waals surface area contributed by atoms with Crippen molar-refractivity contribution in [3.63, 3.8) is 0 Å². The number of rotatable bonds is 6. The van der Waals surface area contributed by atoms with Crippen molar-refractivity contribution < 1.29 is 14.4 Å². The molecule has 1 rings (SSSR count). The van der Waals surface area contributed by atoms with E-state index in [-0.39, 0.29) is 18.0 Å². The molecular weight excluding hydrogens is 210 g/mol. The second-order valence-electron chi connectivity index (χ2n) is 3.03. The van der Waals surface area contributed by atoms with E-state index >= 15 is 0 Å². The monoisotopic (exact) mass is 223 g/mol. The Morgan fingerprint density at radius 3 is 2.81 bits per heavy atom. The fraction of sp³-hybridized carbons (Fsp3) is 0.273. The maximum absolute atomic E-state index is 10.7. The minimum Gasteiger partial charge on any atom is -0.484 e. The van der Waals surface area contributed by atoms with Gasteiger partial charge in [0.25, 0.3) is 0 Å². The molecule has 0 N–H and O–H groups in total. The van der Waals surface area contributed by atoms with Gasteiger partial charge in [-0.05, 0) is 17.7 Å². The summed E-state index contributed by atoms with van der Waals surface area (Å²) in [5.41, 5.74) is 0.722. The third kappa shape index (κ3) is 3.06. The summed E-state index contributed by atoms with van der Waals surface area (Å²) in [7, 11) is 1.54. The van der Waals surface area contributed by atoms with Gasteiger partial charge in [0.1, 0.15) is 6.61 Å². The van der Waals surface area contributed by atoms with Gasteiger partial charge in [-0.2, -0.15) is 0 Å². The highest BCUT2D eigenvalue weighted by Gasteiger charge is 2.14. The van der Waals surface area contributed by atoms with E-state index in [2.05, 4.69) is 6.58 Å². The smallest absolute Gasteiger partial charge is 0.310 e. The Morgan fingerprint density at radius 2 is 2.25 bits per heavy atom. The molecule has 0 saturated heterocycles. The Kier molecular flexibility index (Phi) is 4.47. The first-order valence-electron chi connectivity index (χ1n) is 4.71. The fourth-order valence-electron chi connectivity index (χ4n) is 1.16. The first-order chi connectivity index (χ1) is 7.69. The van der Waals surface area contributed by atoms with Crippen molar-refractivity contribution in [3.8, 4) is 5.75 Å². The van der Waals surface area contributed by atoms with Crippen LogP contribution in [-0.2, 0) is 4.74 Å². The van der Waals surface area contributed by atoms with Crippen molar-refractivity contribution in [3.05, 3.63) is 40.5 Å². The van der Waals surface area contributed by atoms with E-state index in [4.69, 9.17) is 9.47 Å². The average Bonchev–Trinajstić information content (AvgIpc) is 2.29. The van der Waals surface area contributed by atoms with E-state index in [1.165, 1.54) is 13.2 Å². The summed E-state index contributed by atoms with van der Waals surface area (Å²) >= 11 is 0. The molecule has 0 aliphatic carbocycles. The number of nitro groups is 1. The van der Waals surface area contributed by atoms with Gasteiger partial charge in [0.2, 0.25) is 0 Å². The van der Waals surface area contributed by atoms with Crippen LogP contribution in [0.15, 0.2) is 24.8 Å². The summed E-state index contributed by atoms with van der Waals surface area (Å²) in [5.74, 6) is 0.236. The first kappa shape index (κ1) is 12.2. The van der Waals surface area contributed by atoms with E-state index in [0.717, 1.165) is 5.56 Å². The maximum atomic E-state index is 10.7. The molecule has 0 aliphatic heterocycles. The molecule has 1 aromatic carbocycles. The third-order valence-electron chi connectivity index (χ3n) is 1.96. The number of hydrogen-bond acceptors (Lipinski definition) is 4. The average molecular weight is 223 g/mol. The van der Waals surface area contributed by atoms with E-state index in [1.54, 1.807) is 18.2 Å². The van der Waals surface area contributed by atoms with Gasteiger partial charge in [0, 0.05) is 13.2 Å². The molecule has 0 spiro atoms. The minimum atomic E-state index is -0.477. The van der Waals surface area contributed by atoms with Crippen LogP contribution >= 0.6 is 0 Å². The van der Waals surface area contributed by atoms with Crippen LogP contribution < -0.4 is 4.74 Å². The van der Waals surface area contributed by atoms with Crippen LogP contribution in [0.2, 0.25) is 0 Å². The zero-order valence-corrected chi connectivity index (χ0v) is 9.01. The van der Waals surface area contributed by atoms with Crippen LogP contribution in [0.25, 0.3) is 6.08 Å². The van der Waals surface area contributed by atoms with Crippen molar-refractivity contribution in [2.75, 3.05) is 20.3 Å². The van der Waals surface area contributed by atoms with Crippen molar-refractivity contribution in [1.82, 2.24) is 0 Å². The summed E-state index contributed by atoms with van der Waals surface area (Å²) in [6.07, 6.45) is 1.60. The molecular formula is C11H13NO4. The van der Waals surface area contributed by atoms with Gasteiger partial charge < -0.3 is 9.47 Å². The molecule has 0 aromatic heterocycles. The van der Waals surface area contributed by atoms with Crippen molar-refractivity contribution in [2.24, 2.45) is 0 Å². The number of methoxy groups -OCH3 is 1. The van der Waals surface area contributed by atoms with Crippen molar-refractivity contribution in [2.45, 2.75) is 0 Å². The maximum Gasteiger partial charge on any atom is 0.310 e. The second-order valence-corrected chi connectivity index (χ2v) is 3.03.